The molecule has 0 aromatic heterocycles. The van der Waals surface area contributed by atoms with Crippen LogP contribution in [-0.4, -0.2) is 30.8 Å². The second kappa shape index (κ2) is 8.12. The van der Waals surface area contributed by atoms with Crippen LogP contribution in [0.1, 0.15) is 25.0 Å². The van der Waals surface area contributed by atoms with Crippen molar-refractivity contribution in [2.45, 2.75) is 32.5 Å². The van der Waals surface area contributed by atoms with Crippen molar-refractivity contribution in [3.8, 4) is 11.5 Å². The molecule has 0 atom stereocenters. The highest BCUT2D eigenvalue weighted by Crippen LogP contribution is 2.39. The molecule has 0 aliphatic carbocycles. The van der Waals surface area contributed by atoms with Crippen LogP contribution in [0, 0.1) is 0 Å². The summed E-state index contributed by atoms with van der Waals surface area (Å²) in [5, 5.41) is 0. The maximum Gasteiger partial charge on any atom is 0.362 e. The van der Waals surface area contributed by atoms with Crippen molar-refractivity contribution in [1.29, 1.82) is 0 Å². The van der Waals surface area contributed by atoms with Gasteiger partial charge in [0.2, 0.25) is 0 Å². The van der Waals surface area contributed by atoms with Gasteiger partial charge in [-0.2, -0.15) is 0 Å². The van der Waals surface area contributed by atoms with Crippen LogP contribution in [0.5, 0.6) is 11.5 Å². The minimum atomic E-state index is -1.80. The van der Waals surface area contributed by atoms with Crippen LogP contribution in [0.4, 0.5) is 0 Å². The molecule has 0 unspecified atom stereocenters. The van der Waals surface area contributed by atoms with E-state index in [1.54, 1.807) is 32.0 Å². The predicted octanol–water partition coefficient (Wildman–Crippen LogP) is 3.07. The molecule has 3 rings (SSSR count). The van der Waals surface area contributed by atoms with Gasteiger partial charge in [-0.1, -0.05) is 36.4 Å². The summed E-state index contributed by atoms with van der Waals surface area (Å²) in [6.07, 6.45) is 0.0684. The zero-order valence-electron chi connectivity index (χ0n) is 15.4. The minimum Gasteiger partial charge on any atom is -0.489 e. The number of ether oxygens (including phenoxy) is 4. The number of fused-ring (bicyclic) bond motifs is 1. The third-order valence-electron chi connectivity index (χ3n) is 4.22. The van der Waals surface area contributed by atoms with Crippen LogP contribution in [0.25, 0.3) is 0 Å². The van der Waals surface area contributed by atoms with Gasteiger partial charge in [0.05, 0.1) is 13.2 Å². The molecule has 1 aliphatic heterocycles. The molecule has 142 valence electrons. The average Bonchev–Trinajstić information content (AvgIpc) is 3.08. The lowest BCUT2D eigenvalue weighted by atomic mass is 9.97. The van der Waals surface area contributed by atoms with Gasteiger partial charge < -0.3 is 18.9 Å². The van der Waals surface area contributed by atoms with Gasteiger partial charge in [0.1, 0.15) is 18.1 Å². The van der Waals surface area contributed by atoms with Gasteiger partial charge in [-0.15, -0.1) is 0 Å². The minimum absolute atomic E-state index is 0.0684. The average molecular weight is 370 g/mol. The summed E-state index contributed by atoms with van der Waals surface area (Å²) in [7, 11) is 0. The number of hydrogen-bond donors (Lipinski definition) is 0. The van der Waals surface area contributed by atoms with Gasteiger partial charge in [0.15, 0.2) is 0 Å². The Kier molecular flexibility index (Phi) is 5.64. The Morgan fingerprint density at radius 1 is 1.00 bits per heavy atom. The monoisotopic (exact) mass is 370 g/mol. The van der Waals surface area contributed by atoms with Crippen molar-refractivity contribution >= 4 is 11.9 Å². The zero-order valence-corrected chi connectivity index (χ0v) is 15.4. The number of rotatable bonds is 7. The first kappa shape index (κ1) is 18.8. The molecular weight excluding hydrogens is 348 g/mol. The molecule has 0 N–H and O–H groups in total. The first-order chi connectivity index (χ1) is 13.1. The molecule has 6 heteroatoms. The standard InChI is InChI=1S/C21H22O6/c1-3-24-19(22)21(20(23)25-4-2)13-16-10-11-17(12-18(16)27-21)26-14-15-8-6-5-7-9-15/h5-12H,3-4,13-14H2,1-2H3. The van der Waals surface area contributed by atoms with Crippen LogP contribution < -0.4 is 9.47 Å². The smallest absolute Gasteiger partial charge is 0.362 e. The van der Waals surface area contributed by atoms with E-state index >= 15 is 0 Å². The molecule has 27 heavy (non-hydrogen) atoms. The van der Waals surface area contributed by atoms with E-state index in [2.05, 4.69) is 0 Å². The molecule has 0 spiro atoms. The Morgan fingerprint density at radius 3 is 2.30 bits per heavy atom. The van der Waals surface area contributed by atoms with Crippen molar-refractivity contribution in [1.82, 2.24) is 0 Å². The first-order valence-electron chi connectivity index (χ1n) is 8.92. The molecule has 0 saturated carbocycles. The van der Waals surface area contributed by atoms with E-state index in [-0.39, 0.29) is 19.6 Å². The van der Waals surface area contributed by atoms with E-state index < -0.39 is 17.5 Å². The summed E-state index contributed by atoms with van der Waals surface area (Å²) < 4.78 is 21.7. The van der Waals surface area contributed by atoms with Crippen LogP contribution in [0.15, 0.2) is 48.5 Å². The number of hydrogen-bond acceptors (Lipinski definition) is 6. The lowest BCUT2D eigenvalue weighted by Gasteiger charge is -2.23. The van der Waals surface area contributed by atoms with Crippen molar-refractivity contribution in [3.05, 3.63) is 59.7 Å². The van der Waals surface area contributed by atoms with Crippen molar-refractivity contribution < 1.29 is 28.5 Å². The van der Waals surface area contributed by atoms with Gasteiger partial charge in [-0.05, 0) is 31.0 Å². The molecule has 2 aromatic carbocycles. The second-order valence-electron chi connectivity index (χ2n) is 6.09. The van der Waals surface area contributed by atoms with E-state index in [1.807, 2.05) is 30.3 Å². The Bertz CT molecular complexity index is 797. The van der Waals surface area contributed by atoms with E-state index in [0.717, 1.165) is 11.1 Å². The molecule has 0 bridgehead atoms. The van der Waals surface area contributed by atoms with Gasteiger partial charge >= 0.3 is 17.5 Å². The van der Waals surface area contributed by atoms with E-state index in [4.69, 9.17) is 18.9 Å². The fourth-order valence-electron chi connectivity index (χ4n) is 2.90. The molecule has 0 radical (unpaired) electrons. The molecule has 0 saturated heterocycles. The molecule has 0 fully saturated rings. The van der Waals surface area contributed by atoms with Crippen LogP contribution >= 0.6 is 0 Å². The van der Waals surface area contributed by atoms with Gasteiger partial charge in [0, 0.05) is 12.5 Å². The first-order valence-corrected chi connectivity index (χ1v) is 8.92. The molecular formula is C21H22O6. The van der Waals surface area contributed by atoms with Crippen LogP contribution in [0.2, 0.25) is 0 Å². The van der Waals surface area contributed by atoms with Crippen molar-refractivity contribution in [3.63, 3.8) is 0 Å². The lowest BCUT2D eigenvalue weighted by molar-refractivity contribution is -0.177. The quantitative estimate of drug-likeness (QED) is 0.551. The maximum absolute atomic E-state index is 12.5. The highest BCUT2D eigenvalue weighted by atomic mass is 16.6. The normalized spacial score (nSPS) is 14.0. The lowest BCUT2D eigenvalue weighted by Crippen LogP contribution is -2.53. The summed E-state index contributed by atoms with van der Waals surface area (Å²) in [6, 6.07) is 15.0. The largest absolute Gasteiger partial charge is 0.489 e. The highest BCUT2D eigenvalue weighted by molar-refractivity contribution is 6.05. The summed E-state index contributed by atoms with van der Waals surface area (Å²) in [5.41, 5.74) is -0.0404. The summed E-state index contributed by atoms with van der Waals surface area (Å²) >= 11 is 0. The van der Waals surface area contributed by atoms with E-state index in [0.29, 0.717) is 18.1 Å². The van der Waals surface area contributed by atoms with Crippen molar-refractivity contribution in [2.75, 3.05) is 13.2 Å². The Labute approximate surface area is 158 Å². The molecule has 0 amide bonds. The zero-order chi connectivity index (χ0) is 19.3. The Morgan fingerprint density at radius 2 is 1.67 bits per heavy atom. The van der Waals surface area contributed by atoms with Gasteiger partial charge in [-0.3, -0.25) is 0 Å². The molecule has 6 nitrogen and oxygen atoms in total. The number of carbonyl (C=O) groups excluding carboxylic acids is 2. The van der Waals surface area contributed by atoms with E-state index in [1.165, 1.54) is 0 Å². The fourth-order valence-corrected chi connectivity index (χ4v) is 2.90. The predicted molar refractivity (Wildman–Crippen MR) is 97.5 cm³/mol. The third kappa shape index (κ3) is 3.89. The number of carbonyl (C=O) groups is 2. The van der Waals surface area contributed by atoms with Gasteiger partial charge in [-0.25, -0.2) is 9.59 Å². The maximum atomic E-state index is 12.5. The van der Waals surface area contributed by atoms with Crippen molar-refractivity contribution in [2.24, 2.45) is 0 Å². The van der Waals surface area contributed by atoms with Crippen LogP contribution in [0.3, 0.4) is 0 Å². The fraction of sp³-hybridized carbons (Fsp3) is 0.333. The number of benzene rings is 2. The molecule has 1 aliphatic rings. The Hall–Kier alpha value is -3.02. The topological polar surface area (TPSA) is 71.1 Å². The van der Waals surface area contributed by atoms with Crippen LogP contribution in [-0.2, 0) is 32.1 Å². The van der Waals surface area contributed by atoms with Gasteiger partial charge in [0.25, 0.3) is 0 Å². The summed E-state index contributed by atoms with van der Waals surface area (Å²) in [5.74, 6) is -0.486. The summed E-state index contributed by atoms with van der Waals surface area (Å²) in [4.78, 5) is 24.9. The SMILES string of the molecule is CCOC(=O)C1(C(=O)OCC)Cc2ccc(OCc3ccccc3)cc2O1. The summed E-state index contributed by atoms with van der Waals surface area (Å²) in [6.45, 7) is 4.04. The second-order valence-corrected chi connectivity index (χ2v) is 6.09. The number of esters is 2. The van der Waals surface area contributed by atoms with E-state index in [9.17, 15) is 9.59 Å². The highest BCUT2D eigenvalue weighted by Gasteiger charge is 2.56. The molecule has 2 aromatic rings. The Balaban J connectivity index is 1.79. The third-order valence-corrected chi connectivity index (χ3v) is 4.22. The molecule has 1 heterocycles.